The average molecular weight is 512 g/mol. The average Bonchev–Trinajstić information content (AvgIpc) is 3.29. The summed E-state index contributed by atoms with van der Waals surface area (Å²) in [4.78, 5) is 12.7. The van der Waals surface area contributed by atoms with Gasteiger partial charge in [-0.1, -0.05) is 6.07 Å². The molecule has 4 heterocycles. The van der Waals surface area contributed by atoms with Crippen LogP contribution >= 0.6 is 22.6 Å². The Balaban J connectivity index is 1.66. The van der Waals surface area contributed by atoms with Crippen LogP contribution in [0.3, 0.4) is 0 Å². The van der Waals surface area contributed by atoms with E-state index in [2.05, 4.69) is 58.2 Å². The van der Waals surface area contributed by atoms with E-state index in [-0.39, 0.29) is 15.5 Å². The van der Waals surface area contributed by atoms with Crippen LogP contribution in [0, 0.1) is 0 Å². The smallest absolute Gasteiger partial charge is 0.266 e. The third-order valence-corrected chi connectivity index (χ3v) is 4.15. The topological polar surface area (TPSA) is 106 Å². The van der Waals surface area contributed by atoms with Crippen LogP contribution in [-0.4, -0.2) is 45.5 Å². The number of anilines is 2. The molecule has 2 atom stereocenters. The van der Waals surface area contributed by atoms with Gasteiger partial charge in [0, 0.05) is 12.3 Å². The van der Waals surface area contributed by atoms with Crippen molar-refractivity contribution in [1.29, 1.82) is 0 Å². The number of aromatic nitrogens is 7. The van der Waals surface area contributed by atoms with Gasteiger partial charge in [0.2, 0.25) is 5.88 Å². The van der Waals surface area contributed by atoms with Crippen LogP contribution in [0.4, 0.5) is 20.4 Å². The third-order valence-electron chi connectivity index (χ3n) is 3.90. The highest BCUT2D eigenvalue weighted by Gasteiger charge is 2.28. The van der Waals surface area contributed by atoms with Gasteiger partial charge in [0.1, 0.15) is 9.63 Å². The van der Waals surface area contributed by atoms with E-state index in [0.29, 0.717) is 23.0 Å². The number of rotatable bonds is 7. The van der Waals surface area contributed by atoms with E-state index < -0.39 is 12.5 Å². The molecule has 0 fully saturated rings. The number of hydrogen-bond donors (Lipinski definition) is 2. The quantitative estimate of drug-likeness (QED) is 0.287. The van der Waals surface area contributed by atoms with Crippen LogP contribution in [0.25, 0.3) is 11.2 Å². The third kappa shape index (κ3) is 4.26. The molecule has 4 aromatic heterocycles. The molecule has 0 aliphatic heterocycles. The van der Waals surface area contributed by atoms with Crippen LogP contribution in [-0.2, 0) is 0 Å². The number of pyridine rings is 1. The minimum absolute atomic E-state index is 0.0377. The zero-order valence-corrected chi connectivity index (χ0v) is 17.2. The molecule has 0 aromatic carbocycles. The molecular weight excluding hydrogens is 497 g/mol. The summed E-state index contributed by atoms with van der Waals surface area (Å²) in [5, 5.41) is 13.9. The van der Waals surface area contributed by atoms with Gasteiger partial charge < -0.3 is 10.1 Å². The van der Waals surface area contributed by atoms with Gasteiger partial charge in [-0.15, -0.1) is 0 Å². The number of nitrogens with one attached hydrogen (secondary N) is 2. The Hall–Kier alpha value is -2.90. The van der Waals surface area contributed by atoms with Gasteiger partial charge in [-0.3, -0.25) is 4.98 Å². The van der Waals surface area contributed by atoms with Crippen LogP contribution in [0.1, 0.15) is 18.7 Å². The first-order chi connectivity index (χ1) is 14.0. The van der Waals surface area contributed by atoms with Gasteiger partial charge in [0.05, 0.1) is 18.1 Å². The fourth-order valence-corrected chi connectivity index (χ4v) is 3.00. The lowest BCUT2D eigenvalue weighted by atomic mass is 10.2. The van der Waals surface area contributed by atoms with Crippen molar-refractivity contribution >= 4 is 45.4 Å². The molecular formula is C17H15F2IN8O. The molecule has 12 heteroatoms. The van der Waals surface area contributed by atoms with Gasteiger partial charge in [-0.05, 0) is 41.6 Å². The molecule has 9 nitrogen and oxygen atoms in total. The van der Waals surface area contributed by atoms with Crippen LogP contribution in [0.2, 0.25) is 0 Å². The molecule has 0 aliphatic carbocycles. The monoisotopic (exact) mass is 512 g/mol. The fraction of sp³-hybridized carbons (Fsp3) is 0.235. The summed E-state index contributed by atoms with van der Waals surface area (Å²) in [6, 6.07) is 5.12. The number of aromatic amines is 1. The van der Waals surface area contributed by atoms with Crippen LogP contribution in [0.15, 0.2) is 42.9 Å². The van der Waals surface area contributed by atoms with E-state index in [1.807, 2.05) is 6.92 Å². The lowest BCUT2D eigenvalue weighted by Gasteiger charge is -2.16. The molecule has 0 radical (unpaired) electrons. The van der Waals surface area contributed by atoms with Gasteiger partial charge in [0.15, 0.2) is 23.3 Å². The van der Waals surface area contributed by atoms with Crippen LogP contribution in [0.5, 0.6) is 5.88 Å². The Morgan fingerprint density at radius 3 is 2.79 bits per heavy atom. The van der Waals surface area contributed by atoms with E-state index in [1.165, 1.54) is 24.7 Å². The summed E-state index contributed by atoms with van der Waals surface area (Å²) in [5.41, 5.74) is 0.787. The van der Waals surface area contributed by atoms with E-state index >= 15 is 0 Å². The molecule has 4 rings (SSSR count). The molecule has 0 spiro atoms. The Labute approximate surface area is 177 Å². The van der Waals surface area contributed by atoms with Crippen molar-refractivity contribution in [2.75, 3.05) is 5.32 Å². The summed E-state index contributed by atoms with van der Waals surface area (Å²) < 4.78 is 34.3. The summed E-state index contributed by atoms with van der Waals surface area (Å²) in [6.45, 7) is 1.89. The van der Waals surface area contributed by atoms with Gasteiger partial charge in [-0.25, -0.2) is 28.5 Å². The first-order valence-electron chi connectivity index (χ1n) is 8.54. The molecule has 0 saturated carbocycles. The SMILES string of the molecule is CC(I)Oc1cc(Nc2cnc3cnn([C@@H](c4ccccn4)C(F)F)c3n2)n[nH]1. The Kier molecular flexibility index (Phi) is 5.51. The Bertz CT molecular complexity index is 1100. The highest BCUT2D eigenvalue weighted by atomic mass is 127. The van der Waals surface area contributed by atoms with E-state index in [9.17, 15) is 8.78 Å². The molecule has 0 aliphatic rings. The number of nitrogens with zero attached hydrogens (tertiary/aromatic N) is 6. The largest absolute Gasteiger partial charge is 0.464 e. The van der Waals surface area contributed by atoms with Crippen molar-refractivity contribution in [3.63, 3.8) is 0 Å². The van der Waals surface area contributed by atoms with Crippen molar-refractivity contribution in [1.82, 2.24) is 34.9 Å². The van der Waals surface area contributed by atoms with E-state index in [1.54, 1.807) is 18.2 Å². The molecule has 29 heavy (non-hydrogen) atoms. The number of ether oxygens (including phenoxy) is 1. The Morgan fingerprint density at radius 2 is 2.07 bits per heavy atom. The van der Waals surface area contributed by atoms with Crippen molar-refractivity contribution in [3.8, 4) is 5.88 Å². The number of halogens is 3. The Morgan fingerprint density at radius 1 is 1.21 bits per heavy atom. The van der Waals surface area contributed by atoms with Gasteiger partial charge in [0.25, 0.3) is 6.43 Å². The predicted molar refractivity (Wildman–Crippen MR) is 110 cm³/mol. The second-order valence-corrected chi connectivity index (χ2v) is 7.74. The zero-order chi connectivity index (χ0) is 20.4. The molecule has 0 saturated heterocycles. The molecule has 1 unspecified atom stereocenters. The van der Waals surface area contributed by atoms with Crippen LogP contribution < -0.4 is 10.1 Å². The maximum absolute atomic E-state index is 13.8. The summed E-state index contributed by atoms with van der Waals surface area (Å²) in [7, 11) is 0. The first-order valence-corrected chi connectivity index (χ1v) is 9.78. The number of H-pyrrole nitrogens is 1. The van der Waals surface area contributed by atoms with Crippen molar-refractivity contribution in [2.45, 2.75) is 23.5 Å². The highest BCUT2D eigenvalue weighted by Crippen LogP contribution is 2.27. The molecule has 0 bridgehead atoms. The lowest BCUT2D eigenvalue weighted by Crippen LogP contribution is -2.21. The lowest BCUT2D eigenvalue weighted by molar-refractivity contribution is 0.0952. The second kappa shape index (κ2) is 8.23. The normalized spacial score (nSPS) is 13.6. The molecule has 0 amide bonds. The predicted octanol–water partition coefficient (Wildman–Crippen LogP) is 3.70. The van der Waals surface area contributed by atoms with Gasteiger partial charge in [-0.2, -0.15) is 10.2 Å². The number of fused-ring (bicyclic) bond motifs is 1. The maximum Gasteiger partial charge on any atom is 0.266 e. The molecule has 150 valence electrons. The van der Waals surface area contributed by atoms with E-state index in [0.717, 1.165) is 4.68 Å². The zero-order valence-electron chi connectivity index (χ0n) is 15.0. The summed E-state index contributed by atoms with van der Waals surface area (Å²) in [6.07, 6.45) is 1.60. The second-order valence-electron chi connectivity index (χ2n) is 5.99. The minimum Gasteiger partial charge on any atom is -0.464 e. The van der Waals surface area contributed by atoms with Crippen molar-refractivity contribution < 1.29 is 13.5 Å². The fourth-order valence-electron chi connectivity index (χ4n) is 2.73. The van der Waals surface area contributed by atoms with Gasteiger partial charge >= 0.3 is 0 Å². The molecule has 4 aromatic rings. The number of alkyl halides is 3. The summed E-state index contributed by atoms with van der Waals surface area (Å²) >= 11 is 2.12. The van der Waals surface area contributed by atoms with Crippen molar-refractivity contribution in [2.24, 2.45) is 0 Å². The summed E-state index contributed by atoms with van der Waals surface area (Å²) in [5.74, 6) is 1.27. The maximum atomic E-state index is 13.8. The number of hydrogen-bond acceptors (Lipinski definition) is 7. The first kappa shape index (κ1) is 19.4. The minimum atomic E-state index is -2.73. The van der Waals surface area contributed by atoms with Crippen molar-refractivity contribution in [3.05, 3.63) is 48.5 Å². The highest BCUT2D eigenvalue weighted by molar-refractivity contribution is 14.1. The molecule has 2 N–H and O–H groups in total. The van der Waals surface area contributed by atoms with E-state index in [4.69, 9.17) is 4.74 Å². The standard InChI is InChI=1S/C17H15F2IN8O/c1-9(20)29-14-6-12(26-27-14)24-13-8-22-11-7-23-28(17(11)25-13)15(16(18)19)10-4-2-3-5-21-10/h2-9,15-16H,1H3,(H2,24,25,26,27)/t9?,15-/m0/s1.